The molecule has 2 aromatic carbocycles. The molecule has 1 aliphatic carbocycles. The molecule has 174 valence electrons. The Morgan fingerprint density at radius 2 is 1.88 bits per heavy atom. The molecule has 1 amide bonds. The van der Waals surface area contributed by atoms with E-state index in [1.807, 2.05) is 39.0 Å². The van der Waals surface area contributed by atoms with E-state index in [0.29, 0.717) is 18.1 Å². The first-order valence-electron chi connectivity index (χ1n) is 12.2. The van der Waals surface area contributed by atoms with E-state index in [0.717, 1.165) is 29.1 Å². The molecule has 1 aliphatic heterocycles. The molecule has 0 radical (unpaired) electrons. The summed E-state index contributed by atoms with van der Waals surface area (Å²) in [5.41, 5.74) is 5.34. The van der Waals surface area contributed by atoms with Gasteiger partial charge in [0.2, 0.25) is 0 Å². The minimum Gasteiger partial charge on any atom is -0.497 e. The Hall–Kier alpha value is -2.95. The Morgan fingerprint density at radius 3 is 2.61 bits per heavy atom. The molecule has 1 saturated carbocycles. The summed E-state index contributed by atoms with van der Waals surface area (Å²) in [6.07, 6.45) is 6.29. The van der Waals surface area contributed by atoms with Crippen molar-refractivity contribution >= 4 is 16.8 Å². The number of carbonyl (C=O) groups is 1. The van der Waals surface area contributed by atoms with Gasteiger partial charge in [0.1, 0.15) is 18.1 Å². The van der Waals surface area contributed by atoms with Crippen LogP contribution in [-0.2, 0) is 6.54 Å². The number of fused-ring (bicyclic) bond motifs is 5. The molecule has 2 aliphatic rings. The fraction of sp³-hybridized carbons (Fsp3) is 0.464. The van der Waals surface area contributed by atoms with E-state index >= 15 is 0 Å². The van der Waals surface area contributed by atoms with E-state index in [2.05, 4.69) is 28.1 Å². The molecule has 5 heteroatoms. The van der Waals surface area contributed by atoms with Crippen LogP contribution in [0.3, 0.4) is 0 Å². The van der Waals surface area contributed by atoms with Crippen LogP contribution in [-0.4, -0.2) is 29.7 Å². The van der Waals surface area contributed by atoms with Crippen LogP contribution in [0, 0.1) is 0 Å². The Balaban J connectivity index is 1.72. The predicted octanol–water partition coefficient (Wildman–Crippen LogP) is 6.29. The molecule has 0 saturated heterocycles. The zero-order chi connectivity index (χ0) is 23.2. The number of nitrogens with one attached hydrogen (secondary N) is 1. The molecule has 5 nitrogen and oxygen atoms in total. The lowest BCUT2D eigenvalue weighted by Gasteiger charge is -2.23. The summed E-state index contributed by atoms with van der Waals surface area (Å²) < 4.78 is 14.0. The summed E-state index contributed by atoms with van der Waals surface area (Å²) in [5.74, 6) is 2.17. The molecular weight excluding hydrogens is 412 g/mol. The smallest absolute Gasteiger partial charge is 0.251 e. The van der Waals surface area contributed by atoms with Crippen LogP contribution >= 0.6 is 0 Å². The maximum atomic E-state index is 13.0. The predicted molar refractivity (Wildman–Crippen MR) is 132 cm³/mol. The fourth-order valence-electron chi connectivity index (χ4n) is 5.45. The van der Waals surface area contributed by atoms with Crippen molar-refractivity contribution in [1.82, 2.24) is 9.88 Å². The molecule has 0 bridgehead atoms. The lowest BCUT2D eigenvalue weighted by molar-refractivity contribution is 0.0919. The van der Waals surface area contributed by atoms with Crippen molar-refractivity contribution in [3.05, 3.63) is 47.5 Å². The van der Waals surface area contributed by atoms with E-state index in [9.17, 15) is 4.79 Å². The molecule has 33 heavy (non-hydrogen) atoms. The van der Waals surface area contributed by atoms with E-state index in [4.69, 9.17) is 9.47 Å². The maximum Gasteiger partial charge on any atom is 0.251 e. The number of methoxy groups -OCH3 is 1. The molecule has 1 aromatic heterocycles. The number of hydrogen-bond donors (Lipinski definition) is 1. The Bertz CT molecular complexity index is 1200. The van der Waals surface area contributed by atoms with Gasteiger partial charge in [0.25, 0.3) is 5.91 Å². The largest absolute Gasteiger partial charge is 0.497 e. The molecule has 3 aromatic rings. The molecule has 5 rings (SSSR count). The number of carbonyl (C=O) groups excluding carboxylic acids is 1. The number of aromatic nitrogens is 1. The Morgan fingerprint density at radius 1 is 1.09 bits per heavy atom. The second-order valence-corrected chi connectivity index (χ2v) is 10.4. The first-order valence-corrected chi connectivity index (χ1v) is 12.2. The van der Waals surface area contributed by atoms with Crippen LogP contribution in [0.4, 0.5) is 0 Å². The third-order valence-corrected chi connectivity index (χ3v) is 6.88. The highest BCUT2D eigenvalue weighted by atomic mass is 16.5. The van der Waals surface area contributed by atoms with Crippen molar-refractivity contribution in [2.24, 2.45) is 0 Å². The number of benzene rings is 2. The first-order chi connectivity index (χ1) is 15.9. The molecule has 2 heterocycles. The topological polar surface area (TPSA) is 52.5 Å². The molecule has 0 spiro atoms. The van der Waals surface area contributed by atoms with Crippen molar-refractivity contribution in [2.75, 3.05) is 13.7 Å². The average Bonchev–Trinajstić information content (AvgIpc) is 2.99. The summed E-state index contributed by atoms with van der Waals surface area (Å²) in [5, 5.41) is 4.38. The monoisotopic (exact) mass is 446 g/mol. The SMILES string of the molecule is COc1ccc2c(c1)OCCn1c-2c(C2CCCCC2)c2ccc(C(=O)NC(C)(C)C)cc21. The van der Waals surface area contributed by atoms with Crippen LogP contribution in [0.2, 0.25) is 0 Å². The van der Waals surface area contributed by atoms with E-state index in [1.54, 1.807) is 7.11 Å². The maximum absolute atomic E-state index is 13.0. The van der Waals surface area contributed by atoms with Gasteiger partial charge in [0.05, 0.1) is 19.3 Å². The summed E-state index contributed by atoms with van der Waals surface area (Å²) in [6.45, 7) is 7.36. The van der Waals surface area contributed by atoms with Crippen LogP contribution in [0.5, 0.6) is 11.5 Å². The summed E-state index contributed by atoms with van der Waals surface area (Å²) >= 11 is 0. The van der Waals surface area contributed by atoms with Gasteiger partial charge in [0.15, 0.2) is 0 Å². The van der Waals surface area contributed by atoms with E-state index in [-0.39, 0.29) is 11.4 Å². The Labute approximate surface area is 196 Å². The summed E-state index contributed by atoms with van der Waals surface area (Å²) in [7, 11) is 1.69. The van der Waals surface area contributed by atoms with Crippen LogP contribution in [0.25, 0.3) is 22.2 Å². The molecule has 0 atom stereocenters. The first kappa shape index (κ1) is 21.9. The Kier molecular flexibility index (Phi) is 5.59. The van der Waals surface area contributed by atoms with Crippen LogP contribution in [0.1, 0.15) is 74.7 Å². The van der Waals surface area contributed by atoms with Gasteiger partial charge >= 0.3 is 0 Å². The second-order valence-electron chi connectivity index (χ2n) is 10.4. The van der Waals surface area contributed by atoms with Crippen molar-refractivity contribution in [2.45, 2.75) is 70.9 Å². The number of rotatable bonds is 3. The fourth-order valence-corrected chi connectivity index (χ4v) is 5.45. The van der Waals surface area contributed by atoms with Crippen molar-refractivity contribution in [3.63, 3.8) is 0 Å². The van der Waals surface area contributed by atoms with Crippen molar-refractivity contribution < 1.29 is 14.3 Å². The standard InChI is InChI=1S/C28H34N2O3/c1-28(2,3)29-27(31)19-10-12-21-23(16-19)30-14-15-33-24-17-20(32-4)11-13-22(24)26(30)25(21)18-8-6-5-7-9-18/h10-13,16-18H,5-9,14-15H2,1-4H3,(H,29,31). The third kappa shape index (κ3) is 4.09. The number of ether oxygens (including phenoxy) is 2. The second kappa shape index (κ2) is 8.44. The zero-order valence-corrected chi connectivity index (χ0v) is 20.2. The minimum absolute atomic E-state index is 0.0332. The lowest BCUT2D eigenvalue weighted by Crippen LogP contribution is -2.40. The van der Waals surface area contributed by atoms with Gasteiger partial charge in [-0.05, 0) is 69.4 Å². The minimum atomic E-state index is -0.277. The number of amides is 1. The normalized spacial score (nSPS) is 16.5. The highest BCUT2D eigenvalue weighted by Gasteiger charge is 2.30. The van der Waals surface area contributed by atoms with Gasteiger partial charge in [-0.15, -0.1) is 0 Å². The average molecular weight is 447 g/mol. The summed E-state index contributed by atoms with van der Waals surface area (Å²) in [6, 6.07) is 12.4. The molecular formula is C28H34N2O3. The lowest BCUT2D eigenvalue weighted by atomic mass is 9.81. The number of nitrogens with zero attached hydrogens (tertiary/aromatic N) is 1. The van der Waals surface area contributed by atoms with Gasteiger partial charge in [-0.1, -0.05) is 25.3 Å². The quantitative estimate of drug-likeness (QED) is 0.515. The van der Waals surface area contributed by atoms with Gasteiger partial charge in [0, 0.05) is 33.6 Å². The van der Waals surface area contributed by atoms with Crippen LogP contribution in [0.15, 0.2) is 36.4 Å². The number of hydrogen-bond acceptors (Lipinski definition) is 3. The van der Waals surface area contributed by atoms with Crippen molar-refractivity contribution in [1.29, 1.82) is 0 Å². The van der Waals surface area contributed by atoms with Crippen LogP contribution < -0.4 is 14.8 Å². The van der Waals surface area contributed by atoms with Crippen molar-refractivity contribution in [3.8, 4) is 22.8 Å². The molecule has 1 N–H and O–H groups in total. The third-order valence-electron chi connectivity index (χ3n) is 6.88. The zero-order valence-electron chi connectivity index (χ0n) is 20.2. The summed E-state index contributed by atoms with van der Waals surface area (Å²) in [4.78, 5) is 13.0. The van der Waals surface area contributed by atoms with Gasteiger partial charge in [-0.2, -0.15) is 0 Å². The molecule has 1 fully saturated rings. The van der Waals surface area contributed by atoms with Gasteiger partial charge in [-0.3, -0.25) is 4.79 Å². The highest BCUT2D eigenvalue weighted by molar-refractivity contribution is 6.01. The van der Waals surface area contributed by atoms with E-state index in [1.165, 1.54) is 48.7 Å². The van der Waals surface area contributed by atoms with Gasteiger partial charge in [-0.25, -0.2) is 0 Å². The van der Waals surface area contributed by atoms with E-state index < -0.39 is 0 Å². The van der Waals surface area contributed by atoms with Gasteiger partial charge < -0.3 is 19.4 Å². The highest BCUT2D eigenvalue weighted by Crippen LogP contribution is 2.47. The molecule has 0 unspecified atom stereocenters.